The summed E-state index contributed by atoms with van der Waals surface area (Å²) in [6.07, 6.45) is 4.15. The average Bonchev–Trinajstić information content (AvgIpc) is 2.66. The van der Waals surface area contributed by atoms with Crippen molar-refractivity contribution in [1.29, 1.82) is 0 Å². The number of halogens is 2. The molecule has 0 amide bonds. The van der Waals surface area contributed by atoms with Crippen LogP contribution in [0.4, 0.5) is 0 Å². The summed E-state index contributed by atoms with van der Waals surface area (Å²) in [6, 6.07) is 1.88. The standard InChI is InChI=1S/C13H15Br2N3O/c1-3-10-13(15)11(18(2)17-10)5-12(19)8-4-9(14)7-16-6-8/h4,6-7,12,19H,3,5H2,1-2H3. The maximum atomic E-state index is 10.3. The van der Waals surface area contributed by atoms with Crippen LogP contribution in [0.25, 0.3) is 0 Å². The maximum Gasteiger partial charge on any atom is 0.0860 e. The van der Waals surface area contributed by atoms with Crippen LogP contribution in [0.1, 0.15) is 30.0 Å². The zero-order valence-electron chi connectivity index (χ0n) is 10.8. The van der Waals surface area contributed by atoms with Crippen LogP contribution in [0, 0.1) is 0 Å². The fourth-order valence-electron chi connectivity index (χ4n) is 1.95. The van der Waals surface area contributed by atoms with E-state index in [0.717, 1.165) is 32.3 Å². The summed E-state index contributed by atoms with van der Waals surface area (Å²) in [5, 5.41) is 14.7. The lowest BCUT2D eigenvalue weighted by Gasteiger charge is -2.11. The predicted octanol–water partition coefficient (Wildman–Crippen LogP) is 3.18. The molecule has 0 aliphatic carbocycles. The Morgan fingerprint density at radius 3 is 2.68 bits per heavy atom. The highest BCUT2D eigenvalue weighted by Crippen LogP contribution is 2.27. The molecule has 0 spiro atoms. The molecular weight excluding hydrogens is 374 g/mol. The van der Waals surface area contributed by atoms with E-state index >= 15 is 0 Å². The van der Waals surface area contributed by atoms with Crippen LogP contribution in [0.2, 0.25) is 0 Å². The number of hydrogen-bond acceptors (Lipinski definition) is 3. The van der Waals surface area contributed by atoms with E-state index in [-0.39, 0.29) is 0 Å². The molecule has 2 aromatic rings. The molecular formula is C13H15Br2N3O. The van der Waals surface area contributed by atoms with E-state index in [4.69, 9.17) is 0 Å². The lowest BCUT2D eigenvalue weighted by molar-refractivity contribution is 0.175. The minimum Gasteiger partial charge on any atom is -0.388 e. The highest BCUT2D eigenvalue weighted by Gasteiger charge is 2.17. The Balaban J connectivity index is 2.24. The van der Waals surface area contributed by atoms with Crippen molar-refractivity contribution in [2.75, 3.05) is 0 Å². The summed E-state index contributed by atoms with van der Waals surface area (Å²) in [6.45, 7) is 2.06. The molecule has 1 atom stereocenters. The van der Waals surface area contributed by atoms with Gasteiger partial charge in [-0.15, -0.1) is 0 Å². The monoisotopic (exact) mass is 387 g/mol. The lowest BCUT2D eigenvalue weighted by Crippen LogP contribution is -2.07. The number of pyridine rings is 1. The summed E-state index contributed by atoms with van der Waals surface area (Å²) in [7, 11) is 1.89. The molecule has 0 bridgehead atoms. The molecule has 6 heteroatoms. The van der Waals surface area contributed by atoms with Crippen LogP contribution in [0.15, 0.2) is 27.4 Å². The molecule has 0 saturated heterocycles. The van der Waals surface area contributed by atoms with E-state index < -0.39 is 6.10 Å². The summed E-state index contributed by atoms with van der Waals surface area (Å²) in [5.74, 6) is 0. The molecule has 4 nitrogen and oxygen atoms in total. The number of nitrogens with zero attached hydrogens (tertiary/aromatic N) is 3. The molecule has 2 rings (SSSR count). The van der Waals surface area contributed by atoms with Crippen molar-refractivity contribution in [3.8, 4) is 0 Å². The number of hydrogen-bond donors (Lipinski definition) is 1. The first-order chi connectivity index (χ1) is 9.02. The highest BCUT2D eigenvalue weighted by atomic mass is 79.9. The van der Waals surface area contributed by atoms with Gasteiger partial charge in [0.15, 0.2) is 0 Å². The molecule has 0 fully saturated rings. The normalized spacial score (nSPS) is 12.7. The van der Waals surface area contributed by atoms with Crippen molar-refractivity contribution < 1.29 is 5.11 Å². The van der Waals surface area contributed by atoms with Gasteiger partial charge < -0.3 is 5.11 Å². The first kappa shape index (κ1) is 14.7. The van der Waals surface area contributed by atoms with Gasteiger partial charge in [-0.3, -0.25) is 9.67 Å². The van der Waals surface area contributed by atoms with Crippen LogP contribution >= 0.6 is 31.9 Å². The Morgan fingerprint density at radius 2 is 2.11 bits per heavy atom. The maximum absolute atomic E-state index is 10.3. The van der Waals surface area contributed by atoms with E-state index in [1.54, 1.807) is 12.4 Å². The molecule has 1 unspecified atom stereocenters. The van der Waals surface area contributed by atoms with E-state index in [1.165, 1.54) is 0 Å². The van der Waals surface area contributed by atoms with Gasteiger partial charge in [-0.05, 0) is 44.3 Å². The molecule has 0 aromatic carbocycles. The van der Waals surface area contributed by atoms with Crippen LogP contribution in [-0.4, -0.2) is 19.9 Å². The van der Waals surface area contributed by atoms with E-state index in [1.807, 2.05) is 17.8 Å². The number of aromatic nitrogens is 3. The Hall–Kier alpha value is -0.720. The van der Waals surface area contributed by atoms with Gasteiger partial charge in [0, 0.05) is 35.9 Å². The Morgan fingerprint density at radius 1 is 1.37 bits per heavy atom. The topological polar surface area (TPSA) is 50.9 Å². The Bertz CT molecular complexity index is 583. The van der Waals surface area contributed by atoms with Gasteiger partial charge in [0.2, 0.25) is 0 Å². The summed E-state index contributed by atoms with van der Waals surface area (Å²) >= 11 is 6.92. The number of aliphatic hydroxyl groups is 1. The van der Waals surface area contributed by atoms with Crippen LogP contribution in [0.5, 0.6) is 0 Å². The van der Waals surface area contributed by atoms with Gasteiger partial charge >= 0.3 is 0 Å². The summed E-state index contributed by atoms with van der Waals surface area (Å²) in [5.41, 5.74) is 2.79. The largest absolute Gasteiger partial charge is 0.388 e. The smallest absolute Gasteiger partial charge is 0.0860 e. The van der Waals surface area contributed by atoms with Crippen LogP contribution < -0.4 is 0 Å². The van der Waals surface area contributed by atoms with Crippen molar-refractivity contribution in [1.82, 2.24) is 14.8 Å². The van der Waals surface area contributed by atoms with E-state index in [2.05, 4.69) is 48.9 Å². The van der Waals surface area contributed by atoms with Gasteiger partial charge in [0.1, 0.15) is 0 Å². The minimum atomic E-state index is -0.596. The van der Waals surface area contributed by atoms with Crippen LogP contribution in [0.3, 0.4) is 0 Å². The Kier molecular flexibility index (Phi) is 4.76. The van der Waals surface area contributed by atoms with Gasteiger partial charge in [-0.25, -0.2) is 0 Å². The highest BCUT2D eigenvalue weighted by molar-refractivity contribution is 9.10. The van der Waals surface area contributed by atoms with Crippen molar-refractivity contribution in [3.63, 3.8) is 0 Å². The first-order valence-corrected chi connectivity index (χ1v) is 7.60. The molecule has 0 saturated carbocycles. The van der Waals surface area contributed by atoms with Gasteiger partial charge in [-0.2, -0.15) is 5.10 Å². The second-order valence-electron chi connectivity index (χ2n) is 4.34. The fourth-order valence-corrected chi connectivity index (χ4v) is 3.11. The summed E-state index contributed by atoms with van der Waals surface area (Å²) < 4.78 is 3.67. The molecule has 0 aliphatic heterocycles. The molecule has 1 N–H and O–H groups in total. The minimum absolute atomic E-state index is 0.502. The number of rotatable bonds is 4. The van der Waals surface area contributed by atoms with Gasteiger partial charge in [0.25, 0.3) is 0 Å². The lowest BCUT2D eigenvalue weighted by atomic mass is 10.1. The van der Waals surface area contributed by atoms with Gasteiger partial charge in [0.05, 0.1) is 22.0 Å². The molecule has 2 aromatic heterocycles. The second-order valence-corrected chi connectivity index (χ2v) is 6.05. The van der Waals surface area contributed by atoms with Crippen molar-refractivity contribution >= 4 is 31.9 Å². The third kappa shape index (κ3) is 3.24. The van der Waals surface area contributed by atoms with Crippen molar-refractivity contribution in [3.05, 3.63) is 44.4 Å². The second kappa shape index (κ2) is 6.15. The zero-order valence-corrected chi connectivity index (χ0v) is 13.9. The third-order valence-corrected chi connectivity index (χ3v) is 4.35. The Labute approximate surface area is 129 Å². The van der Waals surface area contributed by atoms with Crippen molar-refractivity contribution in [2.24, 2.45) is 7.05 Å². The molecule has 0 radical (unpaired) electrons. The molecule has 19 heavy (non-hydrogen) atoms. The quantitative estimate of drug-likeness (QED) is 0.874. The fraction of sp³-hybridized carbons (Fsp3) is 0.385. The first-order valence-electron chi connectivity index (χ1n) is 6.01. The predicted molar refractivity (Wildman–Crippen MR) is 80.9 cm³/mol. The molecule has 102 valence electrons. The molecule has 2 heterocycles. The van der Waals surface area contributed by atoms with E-state index in [0.29, 0.717) is 6.42 Å². The van der Waals surface area contributed by atoms with Crippen molar-refractivity contribution in [2.45, 2.75) is 25.9 Å². The number of aliphatic hydroxyl groups excluding tert-OH is 1. The third-order valence-electron chi connectivity index (χ3n) is 3.00. The number of aryl methyl sites for hydroxylation is 2. The van der Waals surface area contributed by atoms with Gasteiger partial charge in [-0.1, -0.05) is 6.92 Å². The average molecular weight is 389 g/mol. The van der Waals surface area contributed by atoms with Crippen LogP contribution in [-0.2, 0) is 19.9 Å². The zero-order chi connectivity index (χ0) is 14.0. The molecule has 0 aliphatic rings. The summed E-state index contributed by atoms with van der Waals surface area (Å²) in [4.78, 5) is 4.07. The van der Waals surface area contributed by atoms with E-state index in [9.17, 15) is 5.11 Å². The SMILES string of the molecule is CCc1nn(C)c(CC(O)c2cncc(Br)c2)c1Br.